The van der Waals surface area contributed by atoms with Crippen LogP contribution in [0.1, 0.15) is 41.3 Å². The molecule has 0 aliphatic heterocycles. The van der Waals surface area contributed by atoms with Gasteiger partial charge in [0.05, 0.1) is 0 Å². The second kappa shape index (κ2) is 9.08. The van der Waals surface area contributed by atoms with Crippen molar-refractivity contribution in [2.45, 2.75) is 38.2 Å². The predicted molar refractivity (Wildman–Crippen MR) is 125 cm³/mol. The van der Waals surface area contributed by atoms with Crippen molar-refractivity contribution in [2.24, 2.45) is 5.73 Å². The number of carbonyl (C=O) groups excluding carboxylic acids is 1. The number of primary amides is 1. The molecule has 0 saturated heterocycles. The Bertz CT molecular complexity index is 1080. The number of alkyl halides is 2. The highest BCUT2D eigenvalue weighted by atomic mass is 35.5. The maximum Gasteiger partial charge on any atom is 0.249 e. The van der Waals surface area contributed by atoms with E-state index in [4.69, 9.17) is 28.9 Å². The van der Waals surface area contributed by atoms with Crippen LogP contribution in [-0.2, 0) is 4.46 Å². The lowest BCUT2D eigenvalue weighted by Crippen LogP contribution is -2.44. The van der Waals surface area contributed by atoms with E-state index < -0.39 is 10.4 Å². The first-order valence-corrected chi connectivity index (χ1v) is 10.5. The van der Waals surface area contributed by atoms with E-state index in [1.165, 1.54) is 0 Å². The summed E-state index contributed by atoms with van der Waals surface area (Å²) in [7, 11) is 0. The van der Waals surface area contributed by atoms with Crippen LogP contribution < -0.4 is 16.0 Å². The zero-order valence-corrected chi connectivity index (χ0v) is 19.2. The fraction of sp³-hybridized carbons (Fsp3) is 0.273. The predicted octanol–water partition coefficient (Wildman–Crippen LogP) is 4.83. The molecule has 162 valence electrons. The summed E-state index contributed by atoms with van der Waals surface area (Å²) in [6.45, 7) is 7.64. The largest absolute Gasteiger partial charge is 0.366 e. The van der Waals surface area contributed by atoms with Gasteiger partial charge in [-0.2, -0.15) is 0 Å². The summed E-state index contributed by atoms with van der Waals surface area (Å²) in [4.78, 5) is 26.8. The van der Waals surface area contributed by atoms with Crippen LogP contribution in [0.5, 0.6) is 0 Å². The van der Waals surface area contributed by atoms with Gasteiger partial charge in [-0.1, -0.05) is 41.4 Å². The number of carbonyl (C=O) groups is 1. The van der Waals surface area contributed by atoms with Gasteiger partial charge >= 0.3 is 0 Å². The number of halogens is 2. The molecule has 0 atom stereocenters. The molecule has 1 amide bonds. The van der Waals surface area contributed by atoms with E-state index >= 15 is 0 Å². The maximum absolute atomic E-state index is 12.0. The SMILES string of the molecule is Cc1cc(Nc2cc(N(C(C)C)C(Cl)(Cl)c3ccccc3C(N)=O)ccn2)nc(C)n1. The van der Waals surface area contributed by atoms with Gasteiger partial charge in [-0.25, -0.2) is 15.0 Å². The average molecular weight is 459 g/mol. The Kier molecular flexibility index (Phi) is 6.67. The highest BCUT2D eigenvalue weighted by molar-refractivity contribution is 6.49. The first-order valence-electron chi connectivity index (χ1n) is 9.71. The van der Waals surface area contributed by atoms with Crippen LogP contribution in [-0.4, -0.2) is 26.9 Å². The Balaban J connectivity index is 2.02. The van der Waals surface area contributed by atoms with Crippen molar-refractivity contribution >= 4 is 46.4 Å². The first-order chi connectivity index (χ1) is 14.6. The van der Waals surface area contributed by atoms with Gasteiger partial charge in [-0.3, -0.25) is 4.79 Å². The van der Waals surface area contributed by atoms with Crippen LogP contribution in [0.3, 0.4) is 0 Å². The van der Waals surface area contributed by atoms with Gasteiger partial charge in [0.25, 0.3) is 0 Å². The molecule has 3 aromatic rings. The third kappa shape index (κ3) is 5.06. The molecule has 2 heterocycles. The summed E-state index contributed by atoms with van der Waals surface area (Å²) in [6, 6.07) is 12.1. The van der Waals surface area contributed by atoms with E-state index in [1.807, 2.05) is 39.8 Å². The molecule has 0 aliphatic rings. The number of pyridine rings is 1. The lowest BCUT2D eigenvalue weighted by Gasteiger charge is -2.40. The topological polar surface area (TPSA) is 97.0 Å². The Morgan fingerprint density at radius 2 is 1.81 bits per heavy atom. The van der Waals surface area contributed by atoms with Crippen LogP contribution in [0, 0.1) is 13.8 Å². The fourth-order valence-electron chi connectivity index (χ4n) is 3.42. The Morgan fingerprint density at radius 1 is 1.10 bits per heavy atom. The summed E-state index contributed by atoms with van der Waals surface area (Å²) in [5.41, 5.74) is 7.78. The van der Waals surface area contributed by atoms with Gasteiger partial charge < -0.3 is 16.0 Å². The molecule has 2 aromatic heterocycles. The molecule has 0 aliphatic carbocycles. The molecular formula is C22H24Cl2N6O. The van der Waals surface area contributed by atoms with Gasteiger partial charge in [0, 0.05) is 46.9 Å². The lowest BCUT2D eigenvalue weighted by atomic mass is 10.0. The van der Waals surface area contributed by atoms with Crippen molar-refractivity contribution < 1.29 is 4.79 Å². The summed E-state index contributed by atoms with van der Waals surface area (Å²) in [5.74, 6) is 1.25. The van der Waals surface area contributed by atoms with Crippen molar-refractivity contribution in [3.8, 4) is 0 Å². The molecule has 0 radical (unpaired) electrons. The van der Waals surface area contributed by atoms with Crippen molar-refractivity contribution in [3.63, 3.8) is 0 Å². The number of nitrogens with two attached hydrogens (primary N) is 1. The molecule has 3 rings (SSSR count). The van der Waals surface area contributed by atoms with Gasteiger partial charge in [0.15, 0.2) is 0 Å². The highest BCUT2D eigenvalue weighted by Gasteiger charge is 2.39. The number of hydrogen-bond acceptors (Lipinski definition) is 6. The number of aromatic nitrogens is 3. The zero-order valence-electron chi connectivity index (χ0n) is 17.7. The number of aryl methyl sites for hydroxylation is 2. The normalized spacial score (nSPS) is 11.5. The van der Waals surface area contributed by atoms with E-state index in [0.29, 0.717) is 28.7 Å². The summed E-state index contributed by atoms with van der Waals surface area (Å²) in [6.07, 6.45) is 1.65. The Labute approximate surface area is 191 Å². The summed E-state index contributed by atoms with van der Waals surface area (Å²) >= 11 is 13.8. The molecule has 31 heavy (non-hydrogen) atoms. The smallest absolute Gasteiger partial charge is 0.249 e. The molecule has 0 unspecified atom stereocenters. The van der Waals surface area contributed by atoms with Crippen LogP contribution in [0.2, 0.25) is 0 Å². The van der Waals surface area contributed by atoms with Crippen molar-refractivity contribution in [1.82, 2.24) is 15.0 Å². The Hall–Kier alpha value is -2.90. The van der Waals surface area contributed by atoms with Crippen LogP contribution in [0.4, 0.5) is 17.3 Å². The summed E-state index contributed by atoms with van der Waals surface area (Å²) < 4.78 is -1.56. The molecular weight excluding hydrogens is 435 g/mol. The number of nitrogens with one attached hydrogen (secondary N) is 1. The minimum Gasteiger partial charge on any atom is -0.366 e. The molecule has 0 fully saturated rings. The number of hydrogen-bond donors (Lipinski definition) is 2. The molecule has 0 spiro atoms. The minimum atomic E-state index is -1.56. The Morgan fingerprint density at radius 3 is 2.45 bits per heavy atom. The van der Waals surface area contributed by atoms with Crippen molar-refractivity contribution in [3.05, 3.63) is 71.3 Å². The van der Waals surface area contributed by atoms with E-state index in [-0.39, 0.29) is 11.6 Å². The third-order valence-electron chi connectivity index (χ3n) is 4.58. The van der Waals surface area contributed by atoms with Crippen molar-refractivity contribution in [1.29, 1.82) is 0 Å². The van der Waals surface area contributed by atoms with E-state index in [1.54, 1.807) is 41.4 Å². The molecule has 0 saturated carbocycles. The van der Waals surface area contributed by atoms with E-state index in [9.17, 15) is 4.79 Å². The molecule has 3 N–H and O–H groups in total. The lowest BCUT2D eigenvalue weighted by molar-refractivity contribution is 0.0999. The minimum absolute atomic E-state index is 0.116. The van der Waals surface area contributed by atoms with E-state index in [0.717, 1.165) is 5.69 Å². The average Bonchev–Trinajstić information content (AvgIpc) is 2.67. The molecule has 0 bridgehead atoms. The second-order valence-electron chi connectivity index (χ2n) is 7.38. The second-order valence-corrected chi connectivity index (χ2v) is 8.67. The highest BCUT2D eigenvalue weighted by Crippen LogP contribution is 2.43. The van der Waals surface area contributed by atoms with Gasteiger partial charge in [-0.05, 0) is 39.8 Å². The number of benzene rings is 1. The van der Waals surface area contributed by atoms with Crippen LogP contribution >= 0.6 is 23.2 Å². The molecule has 9 heteroatoms. The zero-order chi connectivity index (χ0) is 22.8. The van der Waals surface area contributed by atoms with E-state index in [2.05, 4.69) is 20.3 Å². The fourth-order valence-corrected chi connectivity index (χ4v) is 4.34. The third-order valence-corrected chi connectivity index (χ3v) is 5.35. The van der Waals surface area contributed by atoms with Gasteiger partial charge in [-0.15, -0.1) is 0 Å². The number of anilines is 3. The molecule has 7 nitrogen and oxygen atoms in total. The number of rotatable bonds is 7. The monoisotopic (exact) mass is 458 g/mol. The van der Waals surface area contributed by atoms with Crippen LogP contribution in [0.25, 0.3) is 0 Å². The quantitative estimate of drug-likeness (QED) is 0.388. The first kappa shape index (κ1) is 22.8. The molecule has 1 aromatic carbocycles. The van der Waals surface area contributed by atoms with Gasteiger partial charge in [0.1, 0.15) is 17.5 Å². The maximum atomic E-state index is 12.0. The standard InChI is InChI=1S/C22H24Cl2N6O/c1-13(2)30(22(23,24)18-8-6-5-7-17(18)21(25)31)16-9-10-26-19(12-16)29-20-11-14(3)27-15(4)28-20/h5-13H,1-4H3,(H2,25,31)(H,26,27,28,29). The van der Waals surface area contributed by atoms with Gasteiger partial charge in [0.2, 0.25) is 10.4 Å². The summed E-state index contributed by atoms with van der Waals surface area (Å²) in [5, 5.41) is 3.19. The number of amides is 1. The van der Waals surface area contributed by atoms with Crippen LogP contribution in [0.15, 0.2) is 48.7 Å². The van der Waals surface area contributed by atoms with Crippen molar-refractivity contribution in [2.75, 3.05) is 10.2 Å². The number of nitrogens with zero attached hydrogens (tertiary/aromatic N) is 4.